The van der Waals surface area contributed by atoms with Crippen molar-refractivity contribution in [1.82, 2.24) is 0 Å². The molecule has 0 radical (unpaired) electrons. The van der Waals surface area contributed by atoms with E-state index in [1.165, 1.54) is 44.4 Å². The summed E-state index contributed by atoms with van der Waals surface area (Å²) in [5, 5.41) is 6.26. The number of para-hydroxylation sites is 1. The molecule has 0 saturated carbocycles. The molecule has 1 N–H and O–H groups in total. The van der Waals surface area contributed by atoms with Gasteiger partial charge >= 0.3 is 0 Å². The Morgan fingerprint density at radius 3 is 2.37 bits per heavy atom. The summed E-state index contributed by atoms with van der Waals surface area (Å²) in [6, 6.07) is 30.4. The Bertz CT molecular complexity index is 1070. The minimum absolute atomic E-state index is 1.07. The molecule has 1 nitrogen and oxygen atoms in total. The first-order valence-electron chi connectivity index (χ1n) is 9.70. The Balaban J connectivity index is 1.82. The predicted molar refractivity (Wildman–Crippen MR) is 118 cm³/mol. The molecule has 0 aliphatic rings. The van der Waals surface area contributed by atoms with Gasteiger partial charge in [0.25, 0.3) is 0 Å². The minimum atomic E-state index is 1.07. The van der Waals surface area contributed by atoms with Crippen LogP contribution in [0.15, 0.2) is 84.9 Å². The van der Waals surface area contributed by atoms with E-state index >= 15 is 0 Å². The molecule has 0 atom stereocenters. The molecule has 0 aliphatic heterocycles. The van der Waals surface area contributed by atoms with Crippen molar-refractivity contribution in [1.29, 1.82) is 0 Å². The Hall–Kier alpha value is -3.06. The molecular formula is C26H25N. The molecular weight excluding hydrogens is 326 g/mol. The summed E-state index contributed by atoms with van der Waals surface area (Å²) in [6.07, 6.45) is 2.21. The molecule has 0 amide bonds. The van der Waals surface area contributed by atoms with Gasteiger partial charge in [0.2, 0.25) is 0 Å². The summed E-state index contributed by atoms with van der Waals surface area (Å²) in [5.41, 5.74) is 7.54. The highest BCUT2D eigenvalue weighted by molar-refractivity contribution is 5.97. The number of anilines is 2. The molecule has 27 heavy (non-hydrogen) atoms. The van der Waals surface area contributed by atoms with E-state index < -0.39 is 0 Å². The van der Waals surface area contributed by atoms with E-state index in [1.807, 2.05) is 0 Å². The van der Waals surface area contributed by atoms with Gasteiger partial charge in [0.15, 0.2) is 0 Å². The summed E-state index contributed by atoms with van der Waals surface area (Å²) in [4.78, 5) is 0. The van der Waals surface area contributed by atoms with Gasteiger partial charge in [0, 0.05) is 11.4 Å². The second-order valence-electron chi connectivity index (χ2n) is 7.09. The van der Waals surface area contributed by atoms with Gasteiger partial charge in [-0.3, -0.25) is 0 Å². The average Bonchev–Trinajstić information content (AvgIpc) is 2.71. The quantitative estimate of drug-likeness (QED) is 0.392. The van der Waals surface area contributed by atoms with E-state index in [0.717, 1.165) is 12.8 Å². The summed E-state index contributed by atoms with van der Waals surface area (Å²) >= 11 is 0. The molecule has 0 heterocycles. The zero-order valence-electron chi connectivity index (χ0n) is 16.0. The van der Waals surface area contributed by atoms with Gasteiger partial charge in [-0.05, 0) is 58.5 Å². The van der Waals surface area contributed by atoms with Gasteiger partial charge in [-0.2, -0.15) is 0 Å². The molecule has 1 heteroatoms. The molecule has 0 saturated heterocycles. The van der Waals surface area contributed by atoms with Gasteiger partial charge in [-0.25, -0.2) is 0 Å². The van der Waals surface area contributed by atoms with Crippen LogP contribution in [0.5, 0.6) is 0 Å². The van der Waals surface area contributed by atoms with E-state index in [-0.39, 0.29) is 0 Å². The molecule has 4 aromatic rings. The average molecular weight is 351 g/mol. The van der Waals surface area contributed by atoms with Crippen molar-refractivity contribution in [3.8, 4) is 11.1 Å². The van der Waals surface area contributed by atoms with Crippen molar-refractivity contribution in [2.75, 3.05) is 5.32 Å². The minimum Gasteiger partial charge on any atom is -0.355 e. The van der Waals surface area contributed by atoms with E-state index in [0.29, 0.717) is 0 Å². The van der Waals surface area contributed by atoms with Crippen molar-refractivity contribution < 1.29 is 0 Å². The Labute approximate surface area is 161 Å². The van der Waals surface area contributed by atoms with Crippen LogP contribution >= 0.6 is 0 Å². The molecule has 0 aromatic heterocycles. The smallest absolute Gasteiger partial charge is 0.0423 e. The number of rotatable bonds is 5. The third-order valence-corrected chi connectivity index (χ3v) is 5.14. The van der Waals surface area contributed by atoms with Crippen molar-refractivity contribution in [3.63, 3.8) is 0 Å². The summed E-state index contributed by atoms with van der Waals surface area (Å²) < 4.78 is 0. The first kappa shape index (κ1) is 17.4. The third kappa shape index (κ3) is 3.59. The molecule has 0 aliphatic carbocycles. The van der Waals surface area contributed by atoms with Crippen LogP contribution in [0.25, 0.3) is 21.9 Å². The Morgan fingerprint density at radius 1 is 0.741 bits per heavy atom. The van der Waals surface area contributed by atoms with E-state index in [1.54, 1.807) is 0 Å². The zero-order chi connectivity index (χ0) is 18.6. The van der Waals surface area contributed by atoms with Gasteiger partial charge in [-0.1, -0.05) is 86.1 Å². The van der Waals surface area contributed by atoms with E-state index in [9.17, 15) is 0 Å². The summed E-state index contributed by atoms with van der Waals surface area (Å²) in [6.45, 7) is 4.38. The molecule has 4 rings (SSSR count). The van der Waals surface area contributed by atoms with Crippen LogP contribution in [-0.4, -0.2) is 0 Å². The number of nitrogens with one attached hydrogen (secondary N) is 1. The molecule has 0 unspecified atom stereocenters. The number of benzene rings is 4. The summed E-state index contributed by atoms with van der Waals surface area (Å²) in [7, 11) is 0. The van der Waals surface area contributed by atoms with Crippen LogP contribution in [-0.2, 0) is 6.42 Å². The Kier molecular flexibility index (Phi) is 4.93. The predicted octanol–water partition coefficient (Wildman–Crippen LogP) is 7.51. The molecule has 0 spiro atoms. The highest BCUT2D eigenvalue weighted by Gasteiger charge is 2.09. The molecule has 0 bridgehead atoms. The van der Waals surface area contributed by atoms with Crippen LogP contribution in [0, 0.1) is 6.92 Å². The number of fused-ring (bicyclic) bond motifs is 1. The number of aryl methyl sites for hydroxylation is 2. The largest absolute Gasteiger partial charge is 0.355 e. The maximum Gasteiger partial charge on any atom is 0.0423 e. The first-order valence-corrected chi connectivity index (χ1v) is 9.70. The van der Waals surface area contributed by atoms with Gasteiger partial charge in [0.05, 0.1) is 0 Å². The molecule has 134 valence electrons. The SMILES string of the molecule is CCCc1ccc(-c2cccc3ccccc23)cc1Nc1ccccc1C. The van der Waals surface area contributed by atoms with Crippen molar-refractivity contribution in [2.45, 2.75) is 26.7 Å². The summed E-state index contributed by atoms with van der Waals surface area (Å²) in [5.74, 6) is 0. The number of hydrogen-bond donors (Lipinski definition) is 1. The standard InChI is InChI=1S/C26H25N/c1-3-9-21-16-17-22(18-26(21)27-25-15-7-4-10-19(25)2)24-14-8-12-20-11-5-6-13-23(20)24/h4-8,10-18,27H,3,9H2,1-2H3. The van der Waals surface area contributed by atoms with Crippen LogP contribution in [0.3, 0.4) is 0 Å². The van der Waals surface area contributed by atoms with Crippen molar-refractivity contribution in [2.24, 2.45) is 0 Å². The Morgan fingerprint density at radius 2 is 1.52 bits per heavy atom. The van der Waals surface area contributed by atoms with Crippen LogP contribution in [0.2, 0.25) is 0 Å². The molecule has 4 aromatic carbocycles. The highest BCUT2D eigenvalue weighted by atomic mass is 14.9. The fourth-order valence-electron chi connectivity index (χ4n) is 3.68. The van der Waals surface area contributed by atoms with Crippen LogP contribution in [0.4, 0.5) is 11.4 Å². The first-order chi connectivity index (χ1) is 13.3. The van der Waals surface area contributed by atoms with Gasteiger partial charge < -0.3 is 5.32 Å². The number of hydrogen-bond acceptors (Lipinski definition) is 1. The monoisotopic (exact) mass is 351 g/mol. The zero-order valence-corrected chi connectivity index (χ0v) is 16.0. The van der Waals surface area contributed by atoms with Crippen LogP contribution < -0.4 is 5.32 Å². The lowest BCUT2D eigenvalue weighted by Gasteiger charge is -2.16. The van der Waals surface area contributed by atoms with Crippen molar-refractivity contribution in [3.05, 3.63) is 96.1 Å². The second-order valence-corrected chi connectivity index (χ2v) is 7.09. The third-order valence-electron chi connectivity index (χ3n) is 5.14. The lowest BCUT2D eigenvalue weighted by molar-refractivity contribution is 0.923. The van der Waals surface area contributed by atoms with Crippen LogP contribution in [0.1, 0.15) is 24.5 Å². The van der Waals surface area contributed by atoms with Gasteiger partial charge in [0.1, 0.15) is 0 Å². The lowest BCUT2D eigenvalue weighted by atomic mass is 9.95. The normalized spacial score (nSPS) is 10.9. The molecule has 0 fully saturated rings. The fraction of sp³-hybridized carbons (Fsp3) is 0.154. The second kappa shape index (κ2) is 7.67. The maximum absolute atomic E-state index is 3.68. The van der Waals surface area contributed by atoms with E-state index in [2.05, 4.69) is 104 Å². The van der Waals surface area contributed by atoms with E-state index in [4.69, 9.17) is 0 Å². The highest BCUT2D eigenvalue weighted by Crippen LogP contribution is 2.33. The lowest BCUT2D eigenvalue weighted by Crippen LogP contribution is -1.98. The fourth-order valence-corrected chi connectivity index (χ4v) is 3.68. The van der Waals surface area contributed by atoms with Gasteiger partial charge in [-0.15, -0.1) is 0 Å². The van der Waals surface area contributed by atoms with Crippen molar-refractivity contribution >= 4 is 22.1 Å². The maximum atomic E-state index is 3.68. The topological polar surface area (TPSA) is 12.0 Å².